The number of amides is 2. The smallest absolute Gasteiger partial charge is 0.319 e. The van der Waals surface area contributed by atoms with Crippen LogP contribution in [0.3, 0.4) is 0 Å². The average Bonchev–Trinajstić information content (AvgIpc) is 2.93. The summed E-state index contributed by atoms with van der Waals surface area (Å²) in [4.78, 5) is 12.2. The van der Waals surface area contributed by atoms with Crippen molar-refractivity contribution in [3.05, 3.63) is 59.3 Å². The molecule has 2 heterocycles. The van der Waals surface area contributed by atoms with Gasteiger partial charge in [-0.2, -0.15) is 5.10 Å². The number of carbonyl (C=O) groups is 1. The molecule has 1 aliphatic rings. The molecular formula is C20H22N4O2. The topological polar surface area (TPSA) is 68.2 Å². The summed E-state index contributed by atoms with van der Waals surface area (Å²) in [5.41, 5.74) is 5.22. The van der Waals surface area contributed by atoms with E-state index >= 15 is 0 Å². The summed E-state index contributed by atoms with van der Waals surface area (Å²) >= 11 is 0. The van der Waals surface area contributed by atoms with Crippen molar-refractivity contribution in [2.45, 2.75) is 26.1 Å². The number of nitrogens with one attached hydrogen (secondary N) is 2. The van der Waals surface area contributed by atoms with E-state index in [2.05, 4.69) is 27.9 Å². The third-order valence-corrected chi connectivity index (χ3v) is 4.92. The van der Waals surface area contributed by atoms with Crippen molar-refractivity contribution in [3.63, 3.8) is 0 Å². The summed E-state index contributed by atoms with van der Waals surface area (Å²) in [5.74, 6) is 0. The van der Waals surface area contributed by atoms with Crippen LogP contribution in [0.5, 0.6) is 0 Å². The highest BCUT2D eigenvalue weighted by Gasteiger charge is 2.19. The van der Waals surface area contributed by atoms with E-state index in [-0.39, 0.29) is 12.1 Å². The standard InChI is InChI=1S/C20H22N4O2/c1-13-18-8-7-16(10-19(18)23-24(13)2)22-20(25)21-11-17-9-14-5-3-4-6-15(14)12-26-17/h3-8,10,17H,9,11-12H2,1-2H3,(H2,21,22,25)/t17-/m0/s1. The lowest BCUT2D eigenvalue weighted by molar-refractivity contribution is 0.0308. The van der Waals surface area contributed by atoms with Gasteiger partial charge in [-0.25, -0.2) is 4.79 Å². The minimum absolute atomic E-state index is 0.00318. The van der Waals surface area contributed by atoms with Gasteiger partial charge in [0.05, 0.1) is 18.2 Å². The number of hydrogen-bond donors (Lipinski definition) is 2. The first-order chi connectivity index (χ1) is 12.6. The highest BCUT2D eigenvalue weighted by Crippen LogP contribution is 2.21. The molecule has 0 saturated heterocycles. The average molecular weight is 350 g/mol. The Morgan fingerprint density at radius 3 is 2.92 bits per heavy atom. The van der Waals surface area contributed by atoms with Gasteiger partial charge in [0.1, 0.15) is 0 Å². The quantitative estimate of drug-likeness (QED) is 0.762. The van der Waals surface area contributed by atoms with Gasteiger partial charge >= 0.3 is 6.03 Å². The molecular weight excluding hydrogens is 328 g/mol. The van der Waals surface area contributed by atoms with Gasteiger partial charge < -0.3 is 15.4 Å². The fourth-order valence-electron chi connectivity index (χ4n) is 3.33. The van der Waals surface area contributed by atoms with Crippen molar-refractivity contribution in [2.75, 3.05) is 11.9 Å². The third kappa shape index (κ3) is 3.28. The normalized spacial score (nSPS) is 16.3. The van der Waals surface area contributed by atoms with Crippen LogP contribution < -0.4 is 10.6 Å². The van der Waals surface area contributed by atoms with E-state index in [1.165, 1.54) is 11.1 Å². The first kappa shape index (κ1) is 16.6. The SMILES string of the molecule is Cc1c2ccc(NC(=O)NC[C@@H]3Cc4ccccc4CO3)cc2nn1C. The van der Waals surface area contributed by atoms with E-state index in [9.17, 15) is 4.79 Å². The van der Waals surface area contributed by atoms with Crippen LogP contribution in [0.2, 0.25) is 0 Å². The minimum atomic E-state index is -0.237. The number of urea groups is 1. The third-order valence-electron chi connectivity index (χ3n) is 4.92. The molecule has 134 valence electrons. The molecule has 2 amide bonds. The van der Waals surface area contributed by atoms with Crippen LogP contribution in [0.4, 0.5) is 10.5 Å². The van der Waals surface area contributed by atoms with Crippen LogP contribution in [0.1, 0.15) is 16.8 Å². The maximum atomic E-state index is 12.2. The fourth-order valence-corrected chi connectivity index (χ4v) is 3.33. The van der Waals surface area contributed by atoms with Gasteiger partial charge in [0.2, 0.25) is 0 Å². The molecule has 1 aromatic heterocycles. The molecule has 1 atom stereocenters. The predicted octanol–water partition coefficient (Wildman–Crippen LogP) is 3.14. The van der Waals surface area contributed by atoms with Gasteiger partial charge in [-0.15, -0.1) is 0 Å². The lowest BCUT2D eigenvalue weighted by Crippen LogP contribution is -2.38. The first-order valence-corrected chi connectivity index (χ1v) is 8.77. The summed E-state index contributed by atoms with van der Waals surface area (Å²) in [6.45, 7) is 3.10. The zero-order valence-corrected chi connectivity index (χ0v) is 15.0. The van der Waals surface area contributed by atoms with Crippen molar-refractivity contribution < 1.29 is 9.53 Å². The number of anilines is 1. The molecule has 0 fully saturated rings. The molecule has 0 spiro atoms. The first-order valence-electron chi connectivity index (χ1n) is 8.77. The fraction of sp³-hybridized carbons (Fsp3) is 0.300. The van der Waals surface area contributed by atoms with Crippen LogP contribution in [0.25, 0.3) is 10.9 Å². The van der Waals surface area contributed by atoms with E-state index < -0.39 is 0 Å². The molecule has 1 aliphatic heterocycles. The number of aromatic nitrogens is 2. The van der Waals surface area contributed by atoms with Crippen molar-refractivity contribution >= 4 is 22.6 Å². The number of ether oxygens (including phenoxy) is 1. The van der Waals surface area contributed by atoms with Gasteiger partial charge in [0, 0.05) is 36.8 Å². The maximum Gasteiger partial charge on any atom is 0.319 e. The van der Waals surface area contributed by atoms with Gasteiger partial charge in [0.25, 0.3) is 0 Å². The number of rotatable bonds is 3. The minimum Gasteiger partial charge on any atom is -0.371 e. The monoisotopic (exact) mass is 350 g/mol. The lowest BCUT2D eigenvalue weighted by Gasteiger charge is -2.25. The van der Waals surface area contributed by atoms with Gasteiger partial charge in [0.15, 0.2) is 0 Å². The second-order valence-electron chi connectivity index (χ2n) is 6.68. The molecule has 0 unspecified atom stereocenters. The van der Waals surface area contributed by atoms with Crippen molar-refractivity contribution in [2.24, 2.45) is 7.05 Å². The summed E-state index contributed by atoms with van der Waals surface area (Å²) in [5, 5.41) is 11.3. The Bertz CT molecular complexity index is 964. The van der Waals surface area contributed by atoms with Crippen molar-refractivity contribution in [1.82, 2.24) is 15.1 Å². The van der Waals surface area contributed by atoms with E-state index in [1.807, 2.05) is 49.0 Å². The van der Waals surface area contributed by atoms with Crippen LogP contribution in [0.15, 0.2) is 42.5 Å². The maximum absolute atomic E-state index is 12.2. The summed E-state index contributed by atoms with van der Waals surface area (Å²) < 4.78 is 7.66. The summed E-state index contributed by atoms with van der Waals surface area (Å²) in [7, 11) is 1.91. The largest absolute Gasteiger partial charge is 0.371 e. The van der Waals surface area contributed by atoms with E-state index in [0.717, 1.165) is 28.7 Å². The highest BCUT2D eigenvalue weighted by atomic mass is 16.5. The molecule has 0 radical (unpaired) electrons. The Balaban J connectivity index is 1.34. The number of benzene rings is 2. The molecule has 0 bridgehead atoms. The second kappa shape index (κ2) is 6.80. The van der Waals surface area contributed by atoms with Gasteiger partial charge in [-0.3, -0.25) is 4.68 Å². The molecule has 6 nitrogen and oxygen atoms in total. The molecule has 2 aromatic carbocycles. The molecule has 26 heavy (non-hydrogen) atoms. The van der Waals surface area contributed by atoms with Crippen molar-refractivity contribution in [1.29, 1.82) is 0 Å². The summed E-state index contributed by atoms with van der Waals surface area (Å²) in [6.07, 6.45) is 0.812. The van der Waals surface area contributed by atoms with E-state index in [4.69, 9.17) is 4.74 Å². The second-order valence-corrected chi connectivity index (χ2v) is 6.68. The molecule has 2 N–H and O–H groups in total. The van der Waals surface area contributed by atoms with Crippen LogP contribution in [0, 0.1) is 6.92 Å². The number of fused-ring (bicyclic) bond motifs is 2. The Kier molecular flexibility index (Phi) is 4.34. The Hall–Kier alpha value is -2.86. The van der Waals surface area contributed by atoms with E-state index in [0.29, 0.717) is 13.2 Å². The Labute approximate surface area is 152 Å². The van der Waals surface area contributed by atoms with Gasteiger partial charge in [-0.1, -0.05) is 24.3 Å². The van der Waals surface area contributed by atoms with Crippen LogP contribution in [-0.4, -0.2) is 28.5 Å². The molecule has 6 heteroatoms. The van der Waals surface area contributed by atoms with Crippen LogP contribution in [-0.2, 0) is 24.8 Å². The summed E-state index contributed by atoms with van der Waals surface area (Å²) in [6, 6.07) is 13.8. The highest BCUT2D eigenvalue weighted by molar-refractivity contribution is 5.93. The lowest BCUT2D eigenvalue weighted by atomic mass is 9.99. The number of nitrogens with zero attached hydrogens (tertiary/aromatic N) is 2. The molecule has 0 aliphatic carbocycles. The number of hydrogen-bond acceptors (Lipinski definition) is 3. The predicted molar refractivity (Wildman–Crippen MR) is 101 cm³/mol. The number of aryl methyl sites for hydroxylation is 2. The van der Waals surface area contributed by atoms with Crippen molar-refractivity contribution in [3.8, 4) is 0 Å². The molecule has 0 saturated carbocycles. The van der Waals surface area contributed by atoms with E-state index in [1.54, 1.807) is 0 Å². The molecule has 3 aromatic rings. The van der Waals surface area contributed by atoms with Gasteiger partial charge in [-0.05, 0) is 36.2 Å². The number of carbonyl (C=O) groups excluding carboxylic acids is 1. The Morgan fingerprint density at radius 1 is 1.27 bits per heavy atom. The Morgan fingerprint density at radius 2 is 2.08 bits per heavy atom. The van der Waals surface area contributed by atoms with Crippen LogP contribution >= 0.6 is 0 Å². The zero-order chi connectivity index (χ0) is 18.1. The zero-order valence-electron chi connectivity index (χ0n) is 15.0. The molecule has 4 rings (SSSR count).